The third kappa shape index (κ3) is 6.29. The number of carbonyl (C=O) groups is 1. The predicted molar refractivity (Wildman–Crippen MR) is 129 cm³/mol. The second-order valence-corrected chi connectivity index (χ2v) is 8.26. The summed E-state index contributed by atoms with van der Waals surface area (Å²) in [6.07, 6.45) is 8.74. The largest absolute Gasteiger partial charge is 0.351 e. The van der Waals surface area contributed by atoms with E-state index in [1.165, 1.54) is 40.7 Å². The number of hydrogen-bond acceptors (Lipinski definition) is 3. The summed E-state index contributed by atoms with van der Waals surface area (Å²) in [4.78, 5) is 11.1. The van der Waals surface area contributed by atoms with Crippen molar-refractivity contribution in [3.8, 4) is 0 Å². The van der Waals surface area contributed by atoms with E-state index in [4.69, 9.17) is 23.7 Å². The van der Waals surface area contributed by atoms with Gasteiger partial charge in [0.2, 0.25) is 0 Å². The first-order valence-electron chi connectivity index (χ1n) is 10.7. The van der Waals surface area contributed by atoms with Gasteiger partial charge >= 0.3 is 6.03 Å². The maximum Gasteiger partial charge on any atom is 0.316 e. The van der Waals surface area contributed by atoms with Crippen LogP contribution < -0.4 is 16.8 Å². The van der Waals surface area contributed by atoms with Crippen LogP contribution in [0.1, 0.15) is 40.7 Å². The first-order chi connectivity index (χ1) is 15.0. The van der Waals surface area contributed by atoms with Crippen LogP contribution in [0, 0.1) is 4.64 Å². The average Bonchev–Trinajstić information content (AvgIpc) is 3.50. The van der Waals surface area contributed by atoms with Gasteiger partial charge in [-0.05, 0) is 72.4 Å². The standard InChI is InChI=1S/C13H16N2O.C7H9N.C4H6N2S/c14-13(16)15-12-10-5-1-3-8(10)7-9-4-2-6-11(9)12;8-6-7-4-2-1-3-5-7;1-6-3-2-4(7)5-6/h7H,1-6H2,(H3,14,15,16);1-5H,6,8H2;2-3H,1H3,(H,5,7). The minimum Gasteiger partial charge on any atom is -0.351 e. The van der Waals surface area contributed by atoms with Gasteiger partial charge in [0.25, 0.3) is 0 Å². The van der Waals surface area contributed by atoms with E-state index in [-0.39, 0.29) is 0 Å². The fourth-order valence-electron chi connectivity index (χ4n) is 4.13. The number of primary amides is 1. The van der Waals surface area contributed by atoms with Crippen LogP contribution >= 0.6 is 12.2 Å². The third-order valence-electron chi connectivity index (χ3n) is 5.54. The molecule has 3 aromatic rings. The van der Waals surface area contributed by atoms with Crippen molar-refractivity contribution in [2.24, 2.45) is 18.5 Å². The van der Waals surface area contributed by atoms with Gasteiger partial charge in [0, 0.05) is 25.5 Å². The van der Waals surface area contributed by atoms with E-state index in [1.54, 1.807) is 0 Å². The number of aromatic amines is 1. The van der Waals surface area contributed by atoms with E-state index < -0.39 is 6.03 Å². The van der Waals surface area contributed by atoms with Crippen LogP contribution in [0.5, 0.6) is 0 Å². The van der Waals surface area contributed by atoms with Gasteiger partial charge in [0.1, 0.15) is 4.64 Å². The van der Waals surface area contributed by atoms with Crippen molar-refractivity contribution in [2.45, 2.75) is 45.1 Å². The lowest BCUT2D eigenvalue weighted by Crippen LogP contribution is -2.21. The third-order valence-corrected chi connectivity index (χ3v) is 5.76. The van der Waals surface area contributed by atoms with E-state index in [1.807, 2.05) is 54.3 Å². The number of anilines is 1. The zero-order valence-corrected chi connectivity index (χ0v) is 18.8. The fraction of sp³-hybridized carbons (Fsp3) is 0.333. The summed E-state index contributed by atoms with van der Waals surface area (Å²) in [7, 11) is 1.90. The van der Waals surface area contributed by atoms with Crippen molar-refractivity contribution in [1.82, 2.24) is 9.78 Å². The Labute approximate surface area is 188 Å². The molecule has 0 aliphatic heterocycles. The lowest BCUT2D eigenvalue weighted by atomic mass is 9.99. The highest BCUT2D eigenvalue weighted by molar-refractivity contribution is 7.71. The minimum absolute atomic E-state index is 0.436. The van der Waals surface area contributed by atoms with Crippen molar-refractivity contribution in [2.75, 3.05) is 5.32 Å². The van der Waals surface area contributed by atoms with Crippen molar-refractivity contribution in [3.63, 3.8) is 0 Å². The summed E-state index contributed by atoms with van der Waals surface area (Å²) in [5.41, 5.74) is 18.3. The Morgan fingerprint density at radius 3 is 2.06 bits per heavy atom. The number of rotatable bonds is 2. The van der Waals surface area contributed by atoms with Gasteiger partial charge in [-0.2, -0.15) is 0 Å². The molecule has 2 aliphatic rings. The number of nitrogens with zero attached hydrogens (tertiary/aromatic N) is 1. The molecule has 6 N–H and O–H groups in total. The number of nitrogens with one attached hydrogen (secondary N) is 2. The average molecular weight is 438 g/mol. The maximum absolute atomic E-state index is 11.1. The zero-order chi connectivity index (χ0) is 22.2. The molecule has 2 amide bonds. The molecule has 0 spiro atoms. The number of hydrogen-bond donors (Lipinski definition) is 4. The van der Waals surface area contributed by atoms with Gasteiger partial charge in [-0.15, -0.1) is 0 Å². The van der Waals surface area contributed by atoms with E-state index in [2.05, 4.69) is 16.5 Å². The van der Waals surface area contributed by atoms with Crippen molar-refractivity contribution >= 4 is 23.9 Å². The Kier molecular flexibility index (Phi) is 8.03. The van der Waals surface area contributed by atoms with Crippen molar-refractivity contribution in [3.05, 3.63) is 81.1 Å². The molecule has 0 atom stereocenters. The molecule has 7 heteroatoms. The topological polar surface area (TPSA) is 102 Å². The van der Waals surface area contributed by atoms with Crippen LogP contribution in [0.15, 0.2) is 48.7 Å². The summed E-state index contributed by atoms with van der Waals surface area (Å²) in [5.74, 6) is 0. The highest BCUT2D eigenvalue weighted by atomic mass is 32.1. The number of nitrogens with two attached hydrogens (primary N) is 2. The van der Waals surface area contributed by atoms with Gasteiger partial charge in [-0.3, -0.25) is 9.78 Å². The number of benzene rings is 2. The number of fused-ring (bicyclic) bond motifs is 2. The Morgan fingerprint density at radius 1 is 1.06 bits per heavy atom. The van der Waals surface area contributed by atoms with Crippen LogP contribution in [0.4, 0.5) is 10.5 Å². The highest BCUT2D eigenvalue weighted by Gasteiger charge is 2.24. The molecule has 1 aromatic heterocycles. The van der Waals surface area contributed by atoms with E-state index >= 15 is 0 Å². The van der Waals surface area contributed by atoms with Crippen molar-refractivity contribution in [1.29, 1.82) is 0 Å². The highest BCUT2D eigenvalue weighted by Crippen LogP contribution is 2.38. The molecule has 2 aliphatic carbocycles. The van der Waals surface area contributed by atoms with E-state index in [0.717, 1.165) is 36.0 Å². The Hall–Kier alpha value is -2.90. The van der Waals surface area contributed by atoms with Crippen molar-refractivity contribution < 1.29 is 4.79 Å². The SMILES string of the molecule is Cn1ccc(=S)[nH]1.NC(=O)Nc1c2c(cc3c1CCC3)CCC2.NCc1ccccc1. The number of carbonyl (C=O) groups excluding carboxylic acids is 1. The quantitative estimate of drug-likeness (QED) is 0.447. The molecule has 0 saturated carbocycles. The Bertz CT molecular complexity index is 1040. The van der Waals surface area contributed by atoms with Crippen LogP contribution in [-0.4, -0.2) is 15.8 Å². The molecule has 0 bridgehead atoms. The second kappa shape index (κ2) is 10.9. The van der Waals surface area contributed by atoms with Gasteiger partial charge in [-0.25, -0.2) is 4.79 Å². The first kappa shape index (κ1) is 22.8. The number of urea groups is 1. The Balaban J connectivity index is 0.000000152. The summed E-state index contributed by atoms with van der Waals surface area (Å²) < 4.78 is 2.59. The summed E-state index contributed by atoms with van der Waals surface area (Å²) in [5, 5.41) is 5.71. The predicted octanol–water partition coefficient (Wildman–Crippen LogP) is 4.38. The maximum atomic E-state index is 11.1. The normalized spacial score (nSPS) is 13.2. The molecule has 164 valence electrons. The molecule has 0 fully saturated rings. The smallest absolute Gasteiger partial charge is 0.316 e. The first-order valence-corrected chi connectivity index (χ1v) is 11.1. The number of amides is 2. The van der Waals surface area contributed by atoms with Gasteiger partial charge in [0.15, 0.2) is 0 Å². The monoisotopic (exact) mass is 437 g/mol. The fourth-order valence-corrected chi connectivity index (χ4v) is 4.34. The van der Waals surface area contributed by atoms with Crippen LogP contribution in [0.25, 0.3) is 0 Å². The number of H-pyrrole nitrogens is 1. The number of aromatic nitrogens is 2. The van der Waals surface area contributed by atoms with Crippen LogP contribution in [-0.2, 0) is 39.3 Å². The molecular formula is C24H31N5OS. The lowest BCUT2D eigenvalue weighted by Gasteiger charge is -2.14. The lowest BCUT2D eigenvalue weighted by molar-refractivity contribution is 0.259. The summed E-state index contributed by atoms with van der Waals surface area (Å²) in [6, 6.07) is 13.7. The van der Waals surface area contributed by atoms with Gasteiger partial charge < -0.3 is 16.8 Å². The molecule has 0 saturated heterocycles. The molecular weight excluding hydrogens is 406 g/mol. The molecule has 1 heterocycles. The van der Waals surface area contributed by atoms with E-state index in [0.29, 0.717) is 6.54 Å². The summed E-state index contributed by atoms with van der Waals surface area (Å²) in [6.45, 7) is 0.640. The molecule has 31 heavy (non-hydrogen) atoms. The van der Waals surface area contributed by atoms with Gasteiger partial charge in [-0.1, -0.05) is 48.6 Å². The molecule has 6 nitrogen and oxygen atoms in total. The minimum atomic E-state index is -0.436. The summed E-state index contributed by atoms with van der Waals surface area (Å²) >= 11 is 4.76. The zero-order valence-electron chi connectivity index (χ0n) is 18.0. The number of aryl methyl sites for hydroxylation is 3. The molecule has 0 radical (unpaired) electrons. The molecule has 2 aromatic carbocycles. The Morgan fingerprint density at radius 2 is 1.68 bits per heavy atom. The molecule has 0 unspecified atom stereocenters. The van der Waals surface area contributed by atoms with Crippen LogP contribution in [0.2, 0.25) is 0 Å². The van der Waals surface area contributed by atoms with E-state index in [9.17, 15) is 4.79 Å². The van der Waals surface area contributed by atoms with Gasteiger partial charge in [0.05, 0.1) is 0 Å². The second-order valence-electron chi connectivity index (χ2n) is 7.82. The molecule has 5 rings (SSSR count). The van der Waals surface area contributed by atoms with Crippen LogP contribution in [0.3, 0.4) is 0 Å².